The number of furan rings is 1. The lowest BCUT2D eigenvalue weighted by Gasteiger charge is -2.17. The number of fused-ring (bicyclic) bond motifs is 1. The van der Waals surface area contributed by atoms with Crippen molar-refractivity contribution in [3.63, 3.8) is 0 Å². The zero-order chi connectivity index (χ0) is 15.3. The molecule has 0 saturated heterocycles. The van der Waals surface area contributed by atoms with Gasteiger partial charge >= 0.3 is 0 Å². The van der Waals surface area contributed by atoms with Gasteiger partial charge in [-0.2, -0.15) is 0 Å². The lowest BCUT2D eigenvalue weighted by atomic mass is 10.0. The average Bonchev–Trinajstić information content (AvgIpc) is 2.85. The number of para-hydroxylation sites is 1. The molecule has 5 heteroatoms. The molecule has 0 aliphatic carbocycles. The van der Waals surface area contributed by atoms with Gasteiger partial charge in [-0.15, -0.1) is 0 Å². The number of rotatable bonds is 8. The van der Waals surface area contributed by atoms with Gasteiger partial charge in [0.2, 0.25) is 0 Å². The molecule has 0 fully saturated rings. The van der Waals surface area contributed by atoms with Crippen LogP contribution in [0.2, 0.25) is 0 Å². The van der Waals surface area contributed by atoms with Crippen molar-refractivity contribution in [2.45, 2.75) is 32.2 Å². The maximum Gasteiger partial charge on any atom is 0.147 e. The van der Waals surface area contributed by atoms with Crippen molar-refractivity contribution in [1.82, 2.24) is 5.32 Å². The highest BCUT2D eigenvalue weighted by Gasteiger charge is 2.17. The van der Waals surface area contributed by atoms with Crippen molar-refractivity contribution < 1.29 is 12.8 Å². The lowest BCUT2D eigenvalue weighted by Crippen LogP contribution is -2.22. The van der Waals surface area contributed by atoms with Gasteiger partial charge in [0.1, 0.15) is 15.4 Å². The molecular formula is C16H23NO3S. The van der Waals surface area contributed by atoms with Gasteiger partial charge in [-0.25, -0.2) is 8.42 Å². The number of nitrogens with one attached hydrogen (secondary N) is 1. The predicted octanol–water partition coefficient (Wildman–Crippen LogP) is 3.30. The van der Waals surface area contributed by atoms with E-state index in [0.29, 0.717) is 6.42 Å². The molecule has 1 N–H and O–H groups in total. The molecule has 21 heavy (non-hydrogen) atoms. The summed E-state index contributed by atoms with van der Waals surface area (Å²) in [5.41, 5.74) is 1.99. The molecule has 0 bridgehead atoms. The first-order valence-electron chi connectivity index (χ1n) is 7.38. The Bertz CT molecular complexity index is 676. The number of sulfone groups is 1. The van der Waals surface area contributed by atoms with Crippen LogP contribution in [-0.4, -0.2) is 27.0 Å². The lowest BCUT2D eigenvalue weighted by molar-refractivity contribution is 0.486. The van der Waals surface area contributed by atoms with E-state index >= 15 is 0 Å². The van der Waals surface area contributed by atoms with Crippen LogP contribution < -0.4 is 5.32 Å². The van der Waals surface area contributed by atoms with Crippen LogP contribution in [0.4, 0.5) is 0 Å². The summed E-state index contributed by atoms with van der Waals surface area (Å²) in [6.45, 7) is 3.02. The van der Waals surface area contributed by atoms with Crippen LogP contribution in [0.5, 0.6) is 0 Å². The Labute approximate surface area is 126 Å². The van der Waals surface area contributed by atoms with Gasteiger partial charge in [-0.05, 0) is 31.9 Å². The highest BCUT2D eigenvalue weighted by atomic mass is 32.2. The highest BCUT2D eigenvalue weighted by molar-refractivity contribution is 7.90. The first-order valence-corrected chi connectivity index (χ1v) is 9.44. The van der Waals surface area contributed by atoms with E-state index in [4.69, 9.17) is 4.42 Å². The van der Waals surface area contributed by atoms with Gasteiger partial charge in [0.25, 0.3) is 0 Å². The first-order chi connectivity index (χ1) is 10.0. The van der Waals surface area contributed by atoms with Gasteiger partial charge in [0, 0.05) is 29.0 Å². The van der Waals surface area contributed by atoms with Crippen LogP contribution in [0.15, 0.2) is 34.9 Å². The summed E-state index contributed by atoms with van der Waals surface area (Å²) in [6, 6.07) is 8.08. The van der Waals surface area contributed by atoms with Crippen molar-refractivity contribution in [1.29, 1.82) is 0 Å². The van der Waals surface area contributed by atoms with Crippen LogP contribution in [-0.2, 0) is 9.84 Å². The Morgan fingerprint density at radius 1 is 1.29 bits per heavy atom. The summed E-state index contributed by atoms with van der Waals surface area (Å²) in [7, 11) is -2.90. The molecule has 0 aliphatic heterocycles. The summed E-state index contributed by atoms with van der Waals surface area (Å²) >= 11 is 0. The van der Waals surface area contributed by atoms with Crippen LogP contribution in [0, 0.1) is 0 Å². The molecule has 116 valence electrons. The fourth-order valence-electron chi connectivity index (χ4n) is 2.50. The van der Waals surface area contributed by atoms with E-state index in [9.17, 15) is 8.42 Å². The van der Waals surface area contributed by atoms with E-state index in [1.807, 2.05) is 24.3 Å². The van der Waals surface area contributed by atoms with E-state index in [2.05, 4.69) is 12.2 Å². The molecule has 0 amide bonds. The van der Waals surface area contributed by atoms with E-state index in [1.165, 1.54) is 6.26 Å². The molecule has 1 aromatic carbocycles. The van der Waals surface area contributed by atoms with E-state index < -0.39 is 9.84 Å². The number of benzene rings is 1. The maximum absolute atomic E-state index is 11.3. The molecule has 2 rings (SSSR count). The summed E-state index contributed by atoms with van der Waals surface area (Å²) in [4.78, 5) is 0. The quantitative estimate of drug-likeness (QED) is 0.813. The minimum Gasteiger partial charge on any atom is -0.464 e. The summed E-state index contributed by atoms with van der Waals surface area (Å²) in [6.07, 6.45) is 5.56. The molecule has 4 nitrogen and oxygen atoms in total. The van der Waals surface area contributed by atoms with Crippen LogP contribution in [0.3, 0.4) is 0 Å². The average molecular weight is 309 g/mol. The van der Waals surface area contributed by atoms with Crippen LogP contribution in [0.1, 0.15) is 37.8 Å². The minimum absolute atomic E-state index is 0.135. The second kappa shape index (κ2) is 7.09. The van der Waals surface area contributed by atoms with Gasteiger partial charge in [0.05, 0.1) is 6.26 Å². The monoisotopic (exact) mass is 309 g/mol. The summed E-state index contributed by atoms with van der Waals surface area (Å²) < 4.78 is 28.2. The van der Waals surface area contributed by atoms with Gasteiger partial charge in [-0.3, -0.25) is 0 Å². The molecule has 1 aromatic heterocycles. The third-order valence-corrected chi connectivity index (χ3v) is 4.57. The zero-order valence-corrected chi connectivity index (χ0v) is 13.4. The van der Waals surface area contributed by atoms with Crippen molar-refractivity contribution in [3.05, 3.63) is 36.1 Å². The van der Waals surface area contributed by atoms with Gasteiger partial charge in [0.15, 0.2) is 0 Å². The zero-order valence-electron chi connectivity index (χ0n) is 12.6. The Kier molecular flexibility index (Phi) is 5.42. The van der Waals surface area contributed by atoms with Crippen molar-refractivity contribution in [2.24, 2.45) is 0 Å². The van der Waals surface area contributed by atoms with Gasteiger partial charge < -0.3 is 9.73 Å². The molecular weight excluding hydrogens is 286 g/mol. The Morgan fingerprint density at radius 2 is 2.05 bits per heavy atom. The fraction of sp³-hybridized carbons (Fsp3) is 0.500. The second-order valence-electron chi connectivity index (χ2n) is 5.47. The normalized spacial score (nSPS) is 13.6. The highest BCUT2D eigenvalue weighted by Crippen LogP contribution is 2.29. The smallest absolute Gasteiger partial charge is 0.147 e. The molecule has 2 aromatic rings. The fourth-order valence-corrected chi connectivity index (χ4v) is 3.19. The first kappa shape index (κ1) is 16.0. The molecule has 0 radical (unpaired) electrons. The molecule has 1 atom stereocenters. The van der Waals surface area contributed by atoms with Crippen molar-refractivity contribution >= 4 is 20.8 Å². The SMILES string of the molecule is CCCNC(CCCS(C)(=O)=O)c1coc2ccccc12. The minimum atomic E-state index is -2.90. The van der Waals surface area contributed by atoms with E-state index in [0.717, 1.165) is 35.9 Å². The number of hydrogen-bond donors (Lipinski definition) is 1. The predicted molar refractivity (Wildman–Crippen MR) is 86.2 cm³/mol. The Hall–Kier alpha value is -1.33. The van der Waals surface area contributed by atoms with Crippen molar-refractivity contribution in [3.8, 4) is 0 Å². The van der Waals surface area contributed by atoms with Crippen LogP contribution >= 0.6 is 0 Å². The molecule has 0 spiro atoms. The van der Waals surface area contributed by atoms with E-state index in [1.54, 1.807) is 6.26 Å². The standard InChI is InChI=1S/C16H23NO3S/c1-3-10-17-15(8-6-11-21(2,18)19)14-12-20-16-9-5-4-7-13(14)16/h4-5,7,9,12,15,17H,3,6,8,10-11H2,1-2H3. The Morgan fingerprint density at radius 3 is 2.76 bits per heavy atom. The second-order valence-corrected chi connectivity index (χ2v) is 7.73. The largest absolute Gasteiger partial charge is 0.464 e. The van der Waals surface area contributed by atoms with Crippen LogP contribution in [0.25, 0.3) is 11.0 Å². The summed E-state index contributed by atoms with van der Waals surface area (Å²) in [5, 5.41) is 4.60. The molecule has 1 unspecified atom stereocenters. The Balaban J connectivity index is 2.15. The van der Waals surface area contributed by atoms with E-state index in [-0.39, 0.29) is 11.8 Å². The number of hydrogen-bond acceptors (Lipinski definition) is 4. The van der Waals surface area contributed by atoms with Gasteiger partial charge in [-0.1, -0.05) is 25.1 Å². The third-order valence-electron chi connectivity index (χ3n) is 3.54. The summed E-state index contributed by atoms with van der Waals surface area (Å²) in [5.74, 6) is 0.229. The molecule has 0 saturated carbocycles. The topological polar surface area (TPSA) is 59.3 Å². The maximum atomic E-state index is 11.3. The van der Waals surface area contributed by atoms with Crippen molar-refractivity contribution in [2.75, 3.05) is 18.6 Å². The molecule has 1 heterocycles. The molecule has 0 aliphatic rings. The third kappa shape index (κ3) is 4.58.